The van der Waals surface area contributed by atoms with Gasteiger partial charge in [0.15, 0.2) is 15.9 Å². The number of hydrogen-bond acceptors (Lipinski definition) is 5. The summed E-state index contributed by atoms with van der Waals surface area (Å²) >= 11 is 1.51. The highest BCUT2D eigenvalue weighted by Gasteiger charge is 2.36. The van der Waals surface area contributed by atoms with Crippen LogP contribution in [0.5, 0.6) is 5.75 Å². The first-order chi connectivity index (χ1) is 10.3. The van der Waals surface area contributed by atoms with Gasteiger partial charge in [0.2, 0.25) is 0 Å². The topological polar surface area (TPSA) is 63.7 Å². The van der Waals surface area contributed by atoms with Crippen molar-refractivity contribution in [3.63, 3.8) is 0 Å². The summed E-state index contributed by atoms with van der Waals surface area (Å²) in [6.45, 7) is 1.90. The molecule has 0 unspecified atom stereocenters. The third-order valence-corrected chi connectivity index (χ3v) is 5.96. The van der Waals surface area contributed by atoms with Crippen LogP contribution in [0.25, 0.3) is 0 Å². The molecular formula is C14H18FNO4S2. The van der Waals surface area contributed by atoms with Crippen molar-refractivity contribution in [1.82, 2.24) is 4.90 Å². The van der Waals surface area contributed by atoms with E-state index in [2.05, 4.69) is 0 Å². The third-order valence-electron chi connectivity index (χ3n) is 3.32. The summed E-state index contributed by atoms with van der Waals surface area (Å²) in [7, 11) is -3.36. The molecule has 0 saturated carbocycles. The fourth-order valence-corrected chi connectivity index (χ4v) is 5.04. The maximum atomic E-state index is 13.1. The number of nitrogens with zero attached hydrogens (tertiary/aromatic N) is 1. The van der Waals surface area contributed by atoms with Gasteiger partial charge in [-0.2, -0.15) is 11.8 Å². The lowest BCUT2D eigenvalue weighted by Crippen LogP contribution is -2.53. The normalized spacial score (nSPS) is 20.5. The lowest BCUT2D eigenvalue weighted by Gasteiger charge is -2.35. The molecule has 8 heteroatoms. The number of ether oxygens (including phenoxy) is 1. The molecule has 2 atom stereocenters. The molecule has 0 N–H and O–H groups in total. The molecule has 1 aliphatic heterocycles. The predicted molar refractivity (Wildman–Crippen MR) is 84.2 cm³/mol. The van der Waals surface area contributed by atoms with Crippen molar-refractivity contribution in [2.24, 2.45) is 0 Å². The second kappa shape index (κ2) is 6.87. The van der Waals surface area contributed by atoms with E-state index >= 15 is 0 Å². The van der Waals surface area contributed by atoms with Crippen molar-refractivity contribution >= 4 is 27.5 Å². The minimum absolute atomic E-state index is 0.239. The van der Waals surface area contributed by atoms with E-state index in [9.17, 15) is 17.6 Å². The van der Waals surface area contributed by atoms with E-state index in [4.69, 9.17) is 4.74 Å². The van der Waals surface area contributed by atoms with Gasteiger partial charge in [0.25, 0.3) is 5.91 Å². The summed E-state index contributed by atoms with van der Waals surface area (Å²) in [5, 5.41) is -0.836. The van der Waals surface area contributed by atoms with Gasteiger partial charge in [-0.15, -0.1) is 0 Å². The van der Waals surface area contributed by atoms with Crippen LogP contribution < -0.4 is 4.74 Å². The van der Waals surface area contributed by atoms with Crippen molar-refractivity contribution in [2.75, 3.05) is 24.3 Å². The average Bonchev–Trinajstić information content (AvgIpc) is 2.45. The quantitative estimate of drug-likeness (QED) is 0.827. The van der Waals surface area contributed by atoms with Crippen molar-refractivity contribution in [2.45, 2.75) is 18.4 Å². The molecule has 1 aromatic carbocycles. The first-order valence-corrected chi connectivity index (χ1v) is 9.89. The molecule has 0 spiro atoms. The van der Waals surface area contributed by atoms with Gasteiger partial charge in [0, 0.05) is 30.4 Å². The monoisotopic (exact) mass is 347 g/mol. The smallest absolute Gasteiger partial charge is 0.264 e. The molecule has 5 nitrogen and oxygen atoms in total. The molecule has 1 amide bonds. The maximum absolute atomic E-state index is 13.1. The fraction of sp³-hybridized carbons (Fsp3) is 0.500. The van der Waals surface area contributed by atoms with Gasteiger partial charge in [-0.1, -0.05) is 6.07 Å². The zero-order valence-electron chi connectivity index (χ0n) is 12.4. The number of carbonyl (C=O) groups excluding carboxylic acids is 1. The van der Waals surface area contributed by atoms with Gasteiger partial charge in [-0.25, -0.2) is 12.8 Å². The molecular weight excluding hydrogens is 329 g/mol. The van der Waals surface area contributed by atoms with Crippen LogP contribution in [-0.4, -0.2) is 55.0 Å². The Labute approximate surface area is 133 Å². The van der Waals surface area contributed by atoms with Gasteiger partial charge < -0.3 is 9.64 Å². The summed E-state index contributed by atoms with van der Waals surface area (Å²) < 4.78 is 42.2. The Morgan fingerprint density at radius 2 is 2.23 bits per heavy atom. The van der Waals surface area contributed by atoms with Gasteiger partial charge >= 0.3 is 0 Å². The highest BCUT2D eigenvalue weighted by Crippen LogP contribution is 2.22. The number of sulfone groups is 1. The van der Waals surface area contributed by atoms with E-state index in [1.165, 1.54) is 41.8 Å². The fourth-order valence-electron chi connectivity index (χ4n) is 2.22. The van der Waals surface area contributed by atoms with Crippen molar-refractivity contribution in [1.29, 1.82) is 0 Å². The third kappa shape index (κ3) is 4.13. The Hall–Kier alpha value is -1.28. The Morgan fingerprint density at radius 3 is 2.86 bits per heavy atom. The maximum Gasteiger partial charge on any atom is 0.264 e. The largest absolute Gasteiger partial charge is 0.481 e. The van der Waals surface area contributed by atoms with E-state index in [0.717, 1.165) is 6.26 Å². The molecule has 122 valence electrons. The van der Waals surface area contributed by atoms with E-state index in [1.807, 2.05) is 0 Å². The molecule has 0 bridgehead atoms. The number of hydrogen-bond donors (Lipinski definition) is 0. The van der Waals surface area contributed by atoms with Crippen LogP contribution in [0.1, 0.15) is 6.92 Å². The van der Waals surface area contributed by atoms with E-state index in [0.29, 0.717) is 18.1 Å². The van der Waals surface area contributed by atoms with E-state index in [-0.39, 0.29) is 5.75 Å². The Bertz CT molecular complexity index is 650. The summed E-state index contributed by atoms with van der Waals surface area (Å²) in [5.74, 6) is 0.422. The molecule has 0 aliphatic carbocycles. The van der Waals surface area contributed by atoms with Gasteiger partial charge in [0.1, 0.15) is 16.9 Å². The molecule has 0 radical (unpaired) electrons. The van der Waals surface area contributed by atoms with Crippen LogP contribution in [0.4, 0.5) is 4.39 Å². The Kier molecular flexibility index (Phi) is 5.33. The van der Waals surface area contributed by atoms with Crippen LogP contribution in [0.2, 0.25) is 0 Å². The molecule has 1 fully saturated rings. The summed E-state index contributed by atoms with van der Waals surface area (Å²) in [4.78, 5) is 13.8. The number of rotatable bonds is 4. The summed E-state index contributed by atoms with van der Waals surface area (Å²) in [5.41, 5.74) is 0. The molecule has 22 heavy (non-hydrogen) atoms. The van der Waals surface area contributed by atoms with Crippen LogP contribution in [0.3, 0.4) is 0 Å². The first-order valence-electron chi connectivity index (χ1n) is 6.78. The molecule has 1 aliphatic rings. The predicted octanol–water partition coefficient (Wildman–Crippen LogP) is 1.54. The van der Waals surface area contributed by atoms with Crippen LogP contribution >= 0.6 is 11.8 Å². The first kappa shape index (κ1) is 17.1. The molecule has 1 saturated heterocycles. The highest BCUT2D eigenvalue weighted by molar-refractivity contribution is 8.00. The second-order valence-corrected chi connectivity index (χ2v) is 8.46. The van der Waals surface area contributed by atoms with E-state index < -0.39 is 33.0 Å². The Morgan fingerprint density at radius 1 is 1.50 bits per heavy atom. The molecule has 0 aromatic heterocycles. The van der Waals surface area contributed by atoms with Gasteiger partial charge in [0.05, 0.1) is 0 Å². The number of thioether (sulfide) groups is 1. The number of halogens is 1. The standard InChI is InChI=1S/C14H18FNO4S2/c1-10(20-12-5-3-4-11(15)8-12)14(17)16-6-7-21-9-13(16)22(2,18)19/h3-5,8,10,13H,6-7,9H2,1-2H3/t10-,13-/m0/s1. The zero-order valence-corrected chi connectivity index (χ0v) is 14.0. The second-order valence-electron chi connectivity index (χ2n) is 5.11. The highest BCUT2D eigenvalue weighted by atomic mass is 32.2. The molecule has 2 rings (SSSR count). The number of benzene rings is 1. The minimum atomic E-state index is -3.36. The number of amides is 1. The van der Waals surface area contributed by atoms with Crippen molar-refractivity contribution in [3.05, 3.63) is 30.1 Å². The van der Waals surface area contributed by atoms with Crippen LogP contribution in [-0.2, 0) is 14.6 Å². The minimum Gasteiger partial charge on any atom is -0.481 e. The molecule has 1 aromatic rings. The number of carbonyl (C=O) groups is 1. The average molecular weight is 347 g/mol. The zero-order chi connectivity index (χ0) is 16.3. The Balaban J connectivity index is 2.11. The summed E-state index contributed by atoms with van der Waals surface area (Å²) in [6, 6.07) is 5.50. The van der Waals surface area contributed by atoms with Crippen molar-refractivity contribution < 1.29 is 22.3 Å². The lowest BCUT2D eigenvalue weighted by atomic mass is 10.3. The summed E-state index contributed by atoms with van der Waals surface area (Å²) in [6.07, 6.45) is 0.246. The van der Waals surface area contributed by atoms with Crippen LogP contribution in [0, 0.1) is 5.82 Å². The lowest BCUT2D eigenvalue weighted by molar-refractivity contribution is -0.138. The SMILES string of the molecule is C[C@H](Oc1cccc(F)c1)C(=O)N1CCSC[C@@H]1S(C)(=O)=O. The van der Waals surface area contributed by atoms with Crippen LogP contribution in [0.15, 0.2) is 24.3 Å². The van der Waals surface area contributed by atoms with Gasteiger partial charge in [-0.3, -0.25) is 4.79 Å². The molecule has 1 heterocycles. The van der Waals surface area contributed by atoms with Gasteiger partial charge in [-0.05, 0) is 19.1 Å². The van der Waals surface area contributed by atoms with Crippen molar-refractivity contribution in [3.8, 4) is 5.75 Å². The van der Waals surface area contributed by atoms with E-state index in [1.54, 1.807) is 6.07 Å².